The molecule has 2 aromatic rings. The van der Waals surface area contributed by atoms with Gasteiger partial charge in [-0.2, -0.15) is 0 Å². The second kappa shape index (κ2) is 4.80. The zero-order valence-electron chi connectivity index (χ0n) is 10.4. The number of nitrogens with two attached hydrogens (primary N) is 1. The lowest BCUT2D eigenvalue weighted by Gasteiger charge is -2.07. The third-order valence-corrected chi connectivity index (χ3v) is 3.50. The summed E-state index contributed by atoms with van der Waals surface area (Å²) in [5.74, 6) is 1.55. The van der Waals surface area contributed by atoms with E-state index < -0.39 is 0 Å². The third kappa shape index (κ3) is 2.53. The minimum absolute atomic E-state index is 0.554. The van der Waals surface area contributed by atoms with E-state index in [1.807, 2.05) is 30.9 Å². The van der Waals surface area contributed by atoms with Crippen molar-refractivity contribution in [2.45, 2.75) is 32.2 Å². The van der Waals surface area contributed by atoms with Gasteiger partial charge >= 0.3 is 0 Å². The largest absolute Gasteiger partial charge is 0.384 e. The molecule has 1 saturated carbocycles. The highest BCUT2D eigenvalue weighted by Gasteiger charge is 2.20. The maximum atomic E-state index is 5.61. The highest BCUT2D eigenvalue weighted by atomic mass is 15.0. The first-order valence-corrected chi connectivity index (χ1v) is 6.55. The molecule has 0 atom stereocenters. The molecule has 0 aromatic carbocycles. The fourth-order valence-corrected chi connectivity index (χ4v) is 2.25. The van der Waals surface area contributed by atoms with E-state index in [1.165, 1.54) is 25.7 Å². The Morgan fingerprint density at radius 3 is 2.89 bits per heavy atom. The normalized spacial score (nSPS) is 14.9. The van der Waals surface area contributed by atoms with Crippen molar-refractivity contribution in [3.05, 3.63) is 30.9 Å². The Kier molecular flexibility index (Phi) is 3.00. The van der Waals surface area contributed by atoms with Crippen molar-refractivity contribution < 1.29 is 0 Å². The molecule has 2 aromatic heterocycles. The van der Waals surface area contributed by atoms with Crippen LogP contribution < -0.4 is 5.73 Å². The van der Waals surface area contributed by atoms with Gasteiger partial charge in [-0.15, -0.1) is 0 Å². The van der Waals surface area contributed by atoms with Crippen LogP contribution in [0.2, 0.25) is 0 Å². The van der Waals surface area contributed by atoms with Crippen LogP contribution in [0.3, 0.4) is 0 Å². The molecule has 3 rings (SSSR count). The molecule has 1 fully saturated rings. The summed E-state index contributed by atoms with van der Waals surface area (Å²) in [5.41, 5.74) is 7.81. The lowest BCUT2D eigenvalue weighted by Crippen LogP contribution is -2.00. The number of hydrogen-bond donors (Lipinski definition) is 1. The Balaban J connectivity index is 1.71. The second-order valence-electron chi connectivity index (χ2n) is 5.03. The van der Waals surface area contributed by atoms with Crippen LogP contribution in [0.4, 0.5) is 5.82 Å². The van der Waals surface area contributed by atoms with Gasteiger partial charge in [-0.1, -0.05) is 12.8 Å². The summed E-state index contributed by atoms with van der Waals surface area (Å²) in [5, 5.41) is 0. The molecule has 94 valence electrons. The summed E-state index contributed by atoms with van der Waals surface area (Å²) in [7, 11) is 0. The number of pyridine rings is 1. The molecule has 0 radical (unpaired) electrons. The number of rotatable bonds is 5. The Morgan fingerprint density at radius 1 is 1.28 bits per heavy atom. The van der Waals surface area contributed by atoms with Gasteiger partial charge in [0.2, 0.25) is 0 Å². The fraction of sp³-hybridized carbons (Fsp3) is 0.429. The van der Waals surface area contributed by atoms with Gasteiger partial charge in [0.1, 0.15) is 5.82 Å². The van der Waals surface area contributed by atoms with Crippen molar-refractivity contribution in [2.75, 3.05) is 5.73 Å². The SMILES string of the molecule is Nc1ccc(-c2cncn2CCCC2CC2)cn1. The van der Waals surface area contributed by atoms with Crippen molar-refractivity contribution in [3.8, 4) is 11.3 Å². The average Bonchev–Trinajstić information content (AvgIpc) is 3.08. The van der Waals surface area contributed by atoms with Crippen LogP contribution >= 0.6 is 0 Å². The summed E-state index contributed by atoms with van der Waals surface area (Å²) < 4.78 is 2.20. The zero-order valence-corrected chi connectivity index (χ0v) is 10.4. The highest BCUT2D eigenvalue weighted by Crippen LogP contribution is 2.33. The van der Waals surface area contributed by atoms with Gasteiger partial charge in [-0.3, -0.25) is 0 Å². The minimum Gasteiger partial charge on any atom is -0.384 e. The molecule has 4 heteroatoms. The Morgan fingerprint density at radius 2 is 2.17 bits per heavy atom. The van der Waals surface area contributed by atoms with Gasteiger partial charge in [0.15, 0.2) is 0 Å². The van der Waals surface area contributed by atoms with Crippen LogP contribution in [0.25, 0.3) is 11.3 Å². The van der Waals surface area contributed by atoms with Gasteiger partial charge in [-0.25, -0.2) is 9.97 Å². The van der Waals surface area contributed by atoms with Gasteiger partial charge in [-0.05, 0) is 30.9 Å². The van der Waals surface area contributed by atoms with E-state index in [2.05, 4.69) is 14.5 Å². The number of nitrogens with zero attached hydrogens (tertiary/aromatic N) is 3. The molecule has 2 heterocycles. The van der Waals surface area contributed by atoms with Crippen LogP contribution in [0.1, 0.15) is 25.7 Å². The minimum atomic E-state index is 0.554. The standard InChI is InChI=1S/C14H18N4/c15-14-6-5-12(8-17-14)13-9-16-10-18(13)7-1-2-11-3-4-11/h5-6,8-11H,1-4,7H2,(H2,15,17). The molecule has 1 aliphatic rings. The van der Waals surface area contributed by atoms with Gasteiger partial charge in [0.05, 0.1) is 18.2 Å². The van der Waals surface area contributed by atoms with E-state index in [4.69, 9.17) is 5.73 Å². The lowest BCUT2D eigenvalue weighted by molar-refractivity contribution is 0.580. The smallest absolute Gasteiger partial charge is 0.123 e. The van der Waals surface area contributed by atoms with Crippen LogP contribution in [0.5, 0.6) is 0 Å². The molecule has 0 unspecified atom stereocenters. The average molecular weight is 242 g/mol. The number of imidazole rings is 1. The van der Waals surface area contributed by atoms with Gasteiger partial charge in [0.25, 0.3) is 0 Å². The fourth-order valence-electron chi connectivity index (χ4n) is 2.25. The van der Waals surface area contributed by atoms with E-state index in [1.54, 1.807) is 0 Å². The second-order valence-corrected chi connectivity index (χ2v) is 5.03. The van der Waals surface area contributed by atoms with Crippen LogP contribution in [-0.4, -0.2) is 14.5 Å². The van der Waals surface area contributed by atoms with Gasteiger partial charge in [0, 0.05) is 18.3 Å². The molecule has 2 N–H and O–H groups in total. The van der Waals surface area contributed by atoms with Crippen LogP contribution in [-0.2, 0) is 6.54 Å². The summed E-state index contributed by atoms with van der Waals surface area (Å²) in [6.45, 7) is 1.04. The molecule has 1 aliphatic carbocycles. The number of aryl methyl sites for hydroxylation is 1. The van der Waals surface area contributed by atoms with E-state index in [0.717, 1.165) is 23.7 Å². The lowest BCUT2D eigenvalue weighted by atomic mass is 10.2. The number of anilines is 1. The Hall–Kier alpha value is -1.84. The molecule has 0 amide bonds. The van der Waals surface area contributed by atoms with Crippen LogP contribution in [0, 0.1) is 5.92 Å². The van der Waals surface area contributed by atoms with Crippen molar-refractivity contribution in [1.29, 1.82) is 0 Å². The maximum absolute atomic E-state index is 5.61. The molecular weight excluding hydrogens is 224 g/mol. The Labute approximate surface area is 107 Å². The summed E-state index contributed by atoms with van der Waals surface area (Å²) in [6.07, 6.45) is 11.0. The van der Waals surface area contributed by atoms with E-state index in [0.29, 0.717) is 5.82 Å². The summed E-state index contributed by atoms with van der Waals surface area (Å²) >= 11 is 0. The third-order valence-electron chi connectivity index (χ3n) is 3.50. The van der Waals surface area contributed by atoms with Crippen molar-refractivity contribution in [2.24, 2.45) is 5.92 Å². The highest BCUT2D eigenvalue weighted by molar-refractivity contribution is 5.59. The first kappa shape index (κ1) is 11.3. The monoisotopic (exact) mass is 242 g/mol. The Bertz CT molecular complexity index is 511. The number of nitrogen functional groups attached to an aromatic ring is 1. The summed E-state index contributed by atoms with van der Waals surface area (Å²) in [6, 6.07) is 3.83. The van der Waals surface area contributed by atoms with Crippen molar-refractivity contribution in [1.82, 2.24) is 14.5 Å². The first-order chi connectivity index (χ1) is 8.83. The molecular formula is C14H18N4. The molecule has 0 spiro atoms. The quantitative estimate of drug-likeness (QED) is 0.877. The molecule has 4 nitrogen and oxygen atoms in total. The molecule has 0 bridgehead atoms. The predicted molar refractivity (Wildman–Crippen MR) is 71.8 cm³/mol. The molecule has 18 heavy (non-hydrogen) atoms. The van der Waals surface area contributed by atoms with Crippen LogP contribution in [0.15, 0.2) is 30.9 Å². The molecule has 0 saturated heterocycles. The first-order valence-electron chi connectivity index (χ1n) is 6.55. The summed E-state index contributed by atoms with van der Waals surface area (Å²) in [4.78, 5) is 8.37. The molecule has 0 aliphatic heterocycles. The zero-order chi connectivity index (χ0) is 12.4. The van der Waals surface area contributed by atoms with Gasteiger partial charge < -0.3 is 10.3 Å². The van der Waals surface area contributed by atoms with E-state index >= 15 is 0 Å². The maximum Gasteiger partial charge on any atom is 0.123 e. The van der Waals surface area contributed by atoms with E-state index in [9.17, 15) is 0 Å². The number of aromatic nitrogens is 3. The topological polar surface area (TPSA) is 56.7 Å². The predicted octanol–water partition coefficient (Wildman–Crippen LogP) is 2.72. The van der Waals surface area contributed by atoms with Crippen molar-refractivity contribution >= 4 is 5.82 Å². The number of hydrogen-bond acceptors (Lipinski definition) is 3. The van der Waals surface area contributed by atoms with Crippen molar-refractivity contribution in [3.63, 3.8) is 0 Å². The van der Waals surface area contributed by atoms with E-state index in [-0.39, 0.29) is 0 Å².